The van der Waals surface area contributed by atoms with Crippen LogP contribution in [0.5, 0.6) is 0 Å². The maximum Gasteiger partial charge on any atom is 0.237 e. The Balaban J connectivity index is 1.25. The highest BCUT2D eigenvalue weighted by atomic mass is 16.3. The number of fused-ring (bicyclic) bond motifs is 1. The molecule has 1 fully saturated rings. The lowest BCUT2D eigenvalue weighted by molar-refractivity contribution is -0.134. The number of hydrogen-bond donors (Lipinski definition) is 0. The predicted octanol–water partition coefficient (Wildman–Crippen LogP) is 2.83. The number of carbonyl (C=O) groups excluding carboxylic acids is 1. The molecule has 1 aliphatic carbocycles. The molecule has 1 atom stereocenters. The zero-order valence-electron chi connectivity index (χ0n) is 16.9. The molecular weight excluding hydrogens is 378 g/mol. The summed E-state index contributed by atoms with van der Waals surface area (Å²) in [5.41, 5.74) is 2.26. The molecule has 7 nitrogen and oxygen atoms in total. The van der Waals surface area contributed by atoms with Crippen LogP contribution in [0.3, 0.4) is 0 Å². The average molecular weight is 403 g/mol. The molecule has 1 unspecified atom stereocenters. The molecule has 154 valence electrons. The maximum atomic E-state index is 13.3. The highest BCUT2D eigenvalue weighted by Gasteiger charge is 2.30. The zero-order chi connectivity index (χ0) is 20.3. The summed E-state index contributed by atoms with van der Waals surface area (Å²) in [5, 5.41) is 0. The van der Waals surface area contributed by atoms with E-state index >= 15 is 0 Å². The number of hydrogen-bond acceptors (Lipinski definition) is 6. The van der Waals surface area contributed by atoms with Gasteiger partial charge in [-0.15, -0.1) is 0 Å². The van der Waals surface area contributed by atoms with Crippen LogP contribution in [0.2, 0.25) is 0 Å². The number of amides is 1. The van der Waals surface area contributed by atoms with E-state index in [1.54, 1.807) is 24.9 Å². The Morgan fingerprint density at radius 2 is 2.00 bits per heavy atom. The minimum Gasteiger partial charge on any atom is -0.464 e. The van der Waals surface area contributed by atoms with Crippen LogP contribution >= 0.6 is 0 Å². The van der Waals surface area contributed by atoms with Crippen molar-refractivity contribution in [2.45, 2.75) is 12.5 Å². The van der Waals surface area contributed by atoms with Crippen molar-refractivity contribution in [3.63, 3.8) is 0 Å². The smallest absolute Gasteiger partial charge is 0.237 e. The van der Waals surface area contributed by atoms with E-state index < -0.39 is 0 Å². The number of carbonyl (C=O) groups is 1. The van der Waals surface area contributed by atoms with Gasteiger partial charge in [-0.25, -0.2) is 4.98 Å². The third-order valence-corrected chi connectivity index (χ3v) is 6.02. The van der Waals surface area contributed by atoms with Crippen molar-refractivity contribution in [1.29, 1.82) is 0 Å². The van der Waals surface area contributed by atoms with Gasteiger partial charge in [0.2, 0.25) is 5.91 Å². The van der Waals surface area contributed by atoms with Crippen molar-refractivity contribution >= 4 is 11.7 Å². The number of rotatable bonds is 4. The summed E-state index contributed by atoms with van der Waals surface area (Å²) in [6, 6.07) is 8.13. The highest BCUT2D eigenvalue weighted by Crippen LogP contribution is 2.37. The molecule has 4 heterocycles. The molecule has 0 N–H and O–H groups in total. The van der Waals surface area contributed by atoms with Gasteiger partial charge in [0.05, 0.1) is 25.0 Å². The molecule has 30 heavy (non-hydrogen) atoms. The summed E-state index contributed by atoms with van der Waals surface area (Å²) in [6.45, 7) is 4.49. The molecule has 5 rings (SSSR count). The van der Waals surface area contributed by atoms with Crippen LogP contribution in [0.1, 0.15) is 18.0 Å². The van der Waals surface area contributed by atoms with Crippen molar-refractivity contribution in [2.75, 3.05) is 44.2 Å². The Kier molecular flexibility index (Phi) is 5.19. The lowest BCUT2D eigenvalue weighted by Crippen LogP contribution is -2.51. The zero-order valence-corrected chi connectivity index (χ0v) is 16.9. The fourth-order valence-corrected chi connectivity index (χ4v) is 4.42. The molecule has 0 bridgehead atoms. The Labute approximate surface area is 176 Å². The number of nitrogens with zero attached hydrogens (tertiary/aromatic N) is 5. The van der Waals surface area contributed by atoms with Crippen LogP contribution in [0.4, 0.5) is 5.82 Å². The van der Waals surface area contributed by atoms with Crippen LogP contribution in [-0.2, 0) is 4.79 Å². The van der Waals surface area contributed by atoms with Crippen molar-refractivity contribution in [3.05, 3.63) is 66.8 Å². The third-order valence-electron chi connectivity index (χ3n) is 6.02. The molecule has 1 amide bonds. The van der Waals surface area contributed by atoms with Gasteiger partial charge in [-0.1, -0.05) is 18.2 Å². The molecule has 1 saturated heterocycles. The van der Waals surface area contributed by atoms with Crippen LogP contribution < -0.4 is 4.90 Å². The largest absolute Gasteiger partial charge is 0.464 e. The van der Waals surface area contributed by atoms with Gasteiger partial charge >= 0.3 is 0 Å². The van der Waals surface area contributed by atoms with Crippen molar-refractivity contribution < 1.29 is 9.21 Å². The summed E-state index contributed by atoms with van der Waals surface area (Å²) in [5.74, 6) is 1.95. The van der Waals surface area contributed by atoms with Crippen LogP contribution in [-0.4, -0.2) is 64.9 Å². The van der Waals surface area contributed by atoms with E-state index in [1.807, 2.05) is 17.0 Å². The summed E-state index contributed by atoms with van der Waals surface area (Å²) in [6.07, 6.45) is 12.0. The molecule has 0 radical (unpaired) electrons. The van der Waals surface area contributed by atoms with Gasteiger partial charge in [-0.05, 0) is 30.2 Å². The first kappa shape index (κ1) is 18.8. The maximum absolute atomic E-state index is 13.3. The van der Waals surface area contributed by atoms with Gasteiger partial charge in [0, 0.05) is 50.7 Å². The molecule has 0 aromatic carbocycles. The third kappa shape index (κ3) is 3.68. The Morgan fingerprint density at radius 3 is 2.83 bits per heavy atom. The summed E-state index contributed by atoms with van der Waals surface area (Å²) >= 11 is 0. The first-order chi connectivity index (χ1) is 14.8. The summed E-state index contributed by atoms with van der Waals surface area (Å²) < 4.78 is 5.60. The fraction of sp³-hybridized carbons (Fsp3) is 0.348. The minimum atomic E-state index is 0.0542. The normalized spacial score (nSPS) is 20.1. The van der Waals surface area contributed by atoms with E-state index in [0.29, 0.717) is 13.1 Å². The SMILES string of the molecule is O=C(CN1CCN(c2cnccn2)CC1)N1CC=CCC1c1ccc2occcc1-2. The molecule has 3 aliphatic heterocycles. The van der Waals surface area contributed by atoms with Crippen molar-refractivity contribution in [3.8, 4) is 11.3 Å². The molecule has 0 saturated carbocycles. The minimum absolute atomic E-state index is 0.0542. The van der Waals surface area contributed by atoms with Gasteiger partial charge in [-0.2, -0.15) is 0 Å². The van der Waals surface area contributed by atoms with E-state index in [1.165, 1.54) is 5.56 Å². The number of aromatic nitrogens is 2. The van der Waals surface area contributed by atoms with Crippen molar-refractivity contribution in [2.24, 2.45) is 0 Å². The monoisotopic (exact) mass is 403 g/mol. The number of anilines is 1. The van der Waals surface area contributed by atoms with Gasteiger partial charge in [0.1, 0.15) is 11.6 Å². The average Bonchev–Trinajstić information content (AvgIpc) is 3.24. The van der Waals surface area contributed by atoms with Gasteiger partial charge < -0.3 is 14.2 Å². The summed E-state index contributed by atoms with van der Waals surface area (Å²) in [7, 11) is 0. The Hall–Kier alpha value is -3.19. The topological polar surface area (TPSA) is 65.7 Å². The summed E-state index contributed by atoms with van der Waals surface area (Å²) in [4.78, 5) is 28.3. The molecule has 1 aromatic heterocycles. The van der Waals surface area contributed by atoms with Crippen LogP contribution in [0, 0.1) is 0 Å². The van der Waals surface area contributed by atoms with E-state index in [0.717, 1.165) is 49.7 Å². The lowest BCUT2D eigenvalue weighted by atomic mass is 9.97. The molecular formula is C23H25N5O2. The van der Waals surface area contributed by atoms with Crippen molar-refractivity contribution in [1.82, 2.24) is 19.8 Å². The van der Waals surface area contributed by atoms with Gasteiger partial charge in [0.15, 0.2) is 0 Å². The quantitative estimate of drug-likeness (QED) is 0.624. The second-order valence-corrected chi connectivity index (χ2v) is 7.78. The first-order valence-corrected chi connectivity index (χ1v) is 10.4. The van der Waals surface area contributed by atoms with Crippen LogP contribution in [0.25, 0.3) is 11.3 Å². The molecule has 1 aromatic rings. The molecule has 0 spiro atoms. The standard InChI is InChI=1S/C23H25N5O2/c29-23(17-26-11-13-27(14-12-26)22-16-24-8-9-25-22)28-10-2-1-5-20(28)18-6-7-21-19(18)4-3-15-30-21/h1-4,6-9,15-16,20H,5,10-14,17H2. The van der Waals surface area contributed by atoms with E-state index in [4.69, 9.17) is 4.42 Å². The van der Waals surface area contributed by atoms with Gasteiger partial charge in [-0.3, -0.25) is 14.7 Å². The number of piperazine rings is 1. The Morgan fingerprint density at radius 1 is 1.10 bits per heavy atom. The van der Waals surface area contributed by atoms with E-state index in [-0.39, 0.29) is 11.9 Å². The predicted molar refractivity (Wildman–Crippen MR) is 114 cm³/mol. The fourth-order valence-electron chi connectivity index (χ4n) is 4.42. The second-order valence-electron chi connectivity index (χ2n) is 7.78. The molecule has 7 heteroatoms. The Bertz CT molecular complexity index is 994. The van der Waals surface area contributed by atoms with E-state index in [2.05, 4.69) is 44.1 Å². The lowest BCUT2D eigenvalue weighted by Gasteiger charge is -2.38. The van der Waals surface area contributed by atoms with Gasteiger partial charge in [0.25, 0.3) is 0 Å². The highest BCUT2D eigenvalue weighted by molar-refractivity contribution is 5.80. The first-order valence-electron chi connectivity index (χ1n) is 10.4. The van der Waals surface area contributed by atoms with Crippen LogP contribution in [0.15, 0.2) is 65.7 Å². The molecule has 4 aliphatic rings. The second kappa shape index (κ2) is 8.28. The van der Waals surface area contributed by atoms with E-state index in [9.17, 15) is 4.79 Å².